The normalized spacial score (nSPS) is 26.8. The van der Waals surface area contributed by atoms with Gasteiger partial charge in [0.05, 0.1) is 24.7 Å². The third-order valence-electron chi connectivity index (χ3n) is 5.04. The summed E-state index contributed by atoms with van der Waals surface area (Å²) < 4.78 is 12.2. The molecule has 28 heavy (non-hydrogen) atoms. The number of rotatable bonds is 9. The van der Waals surface area contributed by atoms with Crippen LogP contribution in [-0.4, -0.2) is 62.9 Å². The number of nitrogens with zero attached hydrogens (tertiary/aromatic N) is 1. The molecule has 2 aliphatic rings. The molecule has 0 spiro atoms. The van der Waals surface area contributed by atoms with E-state index in [0.717, 1.165) is 24.2 Å². The smallest absolute Gasteiger partial charge is 0.380 e. The number of hydrogen-bond acceptors (Lipinski definition) is 7. The molecule has 5 atom stereocenters. The summed E-state index contributed by atoms with van der Waals surface area (Å²) in [5, 5.41) is 10.5. The molecule has 2 rings (SSSR count). The highest BCUT2D eigenvalue weighted by molar-refractivity contribution is 8.23. The maximum absolute atomic E-state index is 12.7. The van der Waals surface area contributed by atoms with Gasteiger partial charge in [-0.1, -0.05) is 50.0 Å². The molecule has 0 saturated carbocycles. The first kappa shape index (κ1) is 24.6. The Hall–Kier alpha value is 0.375. The highest BCUT2D eigenvalue weighted by atomic mass is 32.2. The lowest BCUT2D eigenvalue weighted by Crippen LogP contribution is -2.43. The van der Waals surface area contributed by atoms with Crippen LogP contribution in [0.4, 0.5) is 0 Å². The maximum Gasteiger partial charge on any atom is 0.380 e. The molecule has 2 aliphatic heterocycles. The van der Waals surface area contributed by atoms with Gasteiger partial charge in [-0.25, -0.2) is 0 Å². The van der Waals surface area contributed by atoms with Crippen LogP contribution in [0.3, 0.4) is 0 Å². The van der Waals surface area contributed by atoms with E-state index in [1.807, 2.05) is 0 Å². The average Bonchev–Trinajstić information content (AvgIpc) is 2.95. The molecule has 5 nitrogen and oxygen atoms in total. The third kappa shape index (κ3) is 7.57. The van der Waals surface area contributed by atoms with Gasteiger partial charge < -0.3 is 14.5 Å². The van der Waals surface area contributed by atoms with Gasteiger partial charge in [0.25, 0.3) is 0 Å². The van der Waals surface area contributed by atoms with Gasteiger partial charge in [0, 0.05) is 24.8 Å². The van der Waals surface area contributed by atoms with E-state index >= 15 is 0 Å². The van der Waals surface area contributed by atoms with Gasteiger partial charge in [0.1, 0.15) is 4.32 Å². The molecule has 1 amide bonds. The summed E-state index contributed by atoms with van der Waals surface area (Å²) in [6, 6.07) is 0.111. The van der Waals surface area contributed by atoms with E-state index in [1.165, 1.54) is 0 Å². The fourth-order valence-electron chi connectivity index (χ4n) is 3.63. The van der Waals surface area contributed by atoms with Crippen LogP contribution in [0.25, 0.3) is 0 Å². The Morgan fingerprint density at radius 1 is 1.54 bits per heavy atom. The minimum atomic E-state index is -0.754. The molecule has 2 saturated heterocycles. The lowest BCUT2D eigenvalue weighted by atomic mass is 9.94. The van der Waals surface area contributed by atoms with Gasteiger partial charge in [-0.15, -0.1) is 9.12 Å². The first-order chi connectivity index (χ1) is 13.2. The summed E-state index contributed by atoms with van der Waals surface area (Å²) in [6.45, 7) is 8.85. The fourth-order valence-corrected chi connectivity index (χ4v) is 5.53. The van der Waals surface area contributed by atoms with Crippen molar-refractivity contribution in [2.24, 2.45) is 5.92 Å². The van der Waals surface area contributed by atoms with Crippen LogP contribution in [0.15, 0.2) is 12.2 Å². The van der Waals surface area contributed by atoms with Crippen molar-refractivity contribution < 1.29 is 19.3 Å². The zero-order chi connectivity index (χ0) is 20.8. The number of aliphatic hydroxyl groups excluding tert-OH is 1. The molecule has 1 unspecified atom stereocenters. The van der Waals surface area contributed by atoms with Crippen LogP contribution in [0.1, 0.15) is 46.0 Å². The van der Waals surface area contributed by atoms with Gasteiger partial charge >= 0.3 is 5.91 Å². The van der Waals surface area contributed by atoms with Crippen molar-refractivity contribution in [1.29, 1.82) is 0 Å². The maximum atomic E-state index is 12.7. The number of thiol groups is 1. The van der Waals surface area contributed by atoms with Crippen LogP contribution < -0.4 is 0 Å². The largest absolute Gasteiger partial charge is 0.422 e. The quantitative estimate of drug-likeness (QED) is 0.180. The van der Waals surface area contributed by atoms with E-state index < -0.39 is 6.10 Å². The lowest BCUT2D eigenvalue weighted by Gasteiger charge is -2.33. The number of ether oxygens (including phenoxy) is 1. The van der Waals surface area contributed by atoms with Crippen LogP contribution in [-0.2, 0) is 14.2 Å². The lowest BCUT2D eigenvalue weighted by molar-refractivity contribution is -0.131. The van der Waals surface area contributed by atoms with E-state index in [1.54, 1.807) is 16.7 Å². The highest BCUT2D eigenvalue weighted by Gasteiger charge is 2.36. The number of hydrogen-bond donors (Lipinski definition) is 2. The van der Waals surface area contributed by atoms with Crippen LogP contribution >= 0.6 is 45.6 Å². The Balaban J connectivity index is 1.84. The molecule has 0 aromatic rings. The topological polar surface area (TPSA) is 59.0 Å². The van der Waals surface area contributed by atoms with E-state index in [4.69, 9.17) is 21.6 Å². The van der Waals surface area contributed by atoms with Crippen LogP contribution in [0.5, 0.6) is 0 Å². The van der Waals surface area contributed by atoms with E-state index in [9.17, 15) is 9.90 Å². The summed E-state index contributed by atoms with van der Waals surface area (Å²) >= 11 is 11.1. The number of thioether (sulfide) groups is 1. The van der Waals surface area contributed by atoms with E-state index in [2.05, 4.69) is 42.0 Å². The minimum absolute atomic E-state index is 0.0270. The minimum Gasteiger partial charge on any atom is -0.422 e. The van der Waals surface area contributed by atoms with Crippen molar-refractivity contribution in [1.82, 2.24) is 4.90 Å². The molecule has 0 bridgehead atoms. The van der Waals surface area contributed by atoms with Crippen LogP contribution in [0.2, 0.25) is 0 Å². The Kier molecular flexibility index (Phi) is 10.3. The molecular formula is C18H31BNO4PS3. The van der Waals surface area contributed by atoms with E-state index in [-0.39, 0.29) is 36.5 Å². The third-order valence-corrected chi connectivity index (χ3v) is 6.88. The van der Waals surface area contributed by atoms with Crippen molar-refractivity contribution >= 4 is 61.7 Å². The zero-order valence-electron chi connectivity index (χ0n) is 16.6. The van der Waals surface area contributed by atoms with Crippen molar-refractivity contribution in [3.63, 3.8) is 0 Å². The Bertz CT molecular complexity index is 581. The number of aliphatic hydroxyl groups is 1. The summed E-state index contributed by atoms with van der Waals surface area (Å²) in [5.74, 6) is 0.887. The van der Waals surface area contributed by atoms with Gasteiger partial charge in [-0.3, -0.25) is 9.69 Å². The molecule has 2 heterocycles. The molecule has 0 aromatic heterocycles. The summed E-state index contributed by atoms with van der Waals surface area (Å²) in [6.07, 6.45) is 1.91. The van der Waals surface area contributed by atoms with Gasteiger partial charge in [-0.05, 0) is 25.2 Å². The van der Waals surface area contributed by atoms with E-state index in [0.29, 0.717) is 29.7 Å². The second-order valence-electron chi connectivity index (χ2n) is 7.83. The molecule has 0 radical (unpaired) electrons. The number of carbonyl (C=O) groups is 1. The molecule has 0 aliphatic carbocycles. The number of carbonyl (C=O) groups excluding carboxylic acids is 1. The predicted molar refractivity (Wildman–Crippen MR) is 128 cm³/mol. The first-order valence-electron chi connectivity index (χ1n) is 9.71. The second-order valence-corrected chi connectivity index (χ2v) is 11.2. The summed E-state index contributed by atoms with van der Waals surface area (Å²) in [5.41, 5.74) is 1.12. The second kappa shape index (κ2) is 11.7. The van der Waals surface area contributed by atoms with Gasteiger partial charge in [0.15, 0.2) is 0 Å². The SMILES string of the molecule is C=C1C[C@H](C[C@@H](O)CC(=O)N2C(=S)SC[C@H]2C(C)C)O[C@@H](CCOB(P)S)C1. The van der Waals surface area contributed by atoms with Crippen molar-refractivity contribution in [3.8, 4) is 0 Å². The van der Waals surface area contributed by atoms with Crippen LogP contribution in [0, 0.1) is 5.92 Å². The molecule has 158 valence electrons. The van der Waals surface area contributed by atoms with Gasteiger partial charge in [-0.2, -0.15) is 12.5 Å². The Morgan fingerprint density at radius 2 is 2.21 bits per heavy atom. The Morgan fingerprint density at radius 3 is 2.86 bits per heavy atom. The van der Waals surface area contributed by atoms with Crippen molar-refractivity contribution in [2.45, 2.75) is 70.3 Å². The predicted octanol–water partition coefficient (Wildman–Crippen LogP) is 3.31. The van der Waals surface area contributed by atoms with Crippen molar-refractivity contribution in [2.75, 3.05) is 12.4 Å². The Labute approximate surface area is 186 Å². The summed E-state index contributed by atoms with van der Waals surface area (Å²) in [4.78, 5) is 14.4. The molecule has 1 N–H and O–H groups in total. The van der Waals surface area contributed by atoms with Gasteiger partial charge in [0.2, 0.25) is 5.91 Å². The molecule has 10 heteroatoms. The zero-order valence-corrected chi connectivity index (χ0v) is 20.3. The molecular weight excluding hydrogens is 432 g/mol. The highest BCUT2D eigenvalue weighted by Crippen LogP contribution is 2.31. The molecule has 2 fully saturated rings. The van der Waals surface area contributed by atoms with Crippen molar-refractivity contribution in [3.05, 3.63) is 12.2 Å². The monoisotopic (exact) mass is 463 g/mol. The number of amides is 1. The summed E-state index contributed by atoms with van der Waals surface area (Å²) in [7, 11) is 2.48. The average molecular weight is 463 g/mol. The fraction of sp³-hybridized carbons (Fsp3) is 0.778. The first-order valence-corrected chi connectivity index (χ1v) is 12.3. The molecule has 0 aromatic carbocycles. The number of thiocarbonyl (C=S) groups is 1. The standard InChI is InChI=1S/C18H31BNO4PS3/c1-11(2)16-10-28-18(26)20(16)17(22)9-13(21)8-15-7-12(3)6-14(24-15)4-5-23-19(25)27/h11,13-16,21,27H,3-10,25H2,1-2H3/t13-,14+,15-,16+/m1/s1.